The van der Waals surface area contributed by atoms with Gasteiger partial charge in [0.2, 0.25) is 0 Å². The molecule has 0 fully saturated rings. The van der Waals surface area contributed by atoms with E-state index in [-0.39, 0.29) is 0 Å². The highest BCUT2D eigenvalue weighted by atomic mass is 15.0. The molecule has 3 rings (SSSR count). The summed E-state index contributed by atoms with van der Waals surface area (Å²) in [5, 5.41) is 3.40. The number of fused-ring (bicyclic) bond motifs is 1. The minimum atomic E-state index is 0.750. The van der Waals surface area contributed by atoms with Crippen molar-refractivity contribution < 1.29 is 0 Å². The van der Waals surface area contributed by atoms with E-state index in [9.17, 15) is 0 Å². The van der Waals surface area contributed by atoms with Crippen LogP contribution in [0.25, 0.3) is 0 Å². The number of nitrogens with one attached hydrogen (secondary N) is 1. The Bertz CT molecular complexity index is 581. The molecule has 20 heavy (non-hydrogen) atoms. The Morgan fingerprint density at radius 2 is 2.10 bits per heavy atom. The molecule has 0 saturated heterocycles. The number of aromatic nitrogens is 3. The molecule has 0 saturated carbocycles. The topological polar surface area (TPSA) is 50.7 Å². The lowest BCUT2D eigenvalue weighted by Gasteiger charge is -2.19. The summed E-state index contributed by atoms with van der Waals surface area (Å²) in [6.45, 7) is 3.01. The summed E-state index contributed by atoms with van der Waals surface area (Å²) in [7, 11) is 0. The zero-order valence-corrected chi connectivity index (χ0v) is 11.9. The van der Waals surface area contributed by atoms with Crippen molar-refractivity contribution in [1.82, 2.24) is 15.0 Å². The van der Waals surface area contributed by atoms with E-state index in [2.05, 4.69) is 23.3 Å². The van der Waals surface area contributed by atoms with Crippen LogP contribution in [0.1, 0.15) is 42.4 Å². The molecule has 2 heterocycles. The highest BCUT2D eigenvalue weighted by molar-refractivity contribution is 5.48. The van der Waals surface area contributed by atoms with Gasteiger partial charge in [0.15, 0.2) is 0 Å². The van der Waals surface area contributed by atoms with E-state index < -0.39 is 0 Å². The third-order valence-electron chi connectivity index (χ3n) is 3.66. The van der Waals surface area contributed by atoms with Gasteiger partial charge in [0.1, 0.15) is 11.6 Å². The second kappa shape index (κ2) is 5.99. The third kappa shape index (κ3) is 2.79. The summed E-state index contributed by atoms with van der Waals surface area (Å²) >= 11 is 0. The van der Waals surface area contributed by atoms with Gasteiger partial charge >= 0.3 is 0 Å². The molecule has 0 unspecified atom stereocenters. The van der Waals surface area contributed by atoms with E-state index >= 15 is 0 Å². The zero-order chi connectivity index (χ0) is 13.8. The van der Waals surface area contributed by atoms with Gasteiger partial charge in [-0.2, -0.15) is 0 Å². The predicted molar refractivity (Wildman–Crippen MR) is 79.9 cm³/mol. The highest BCUT2D eigenvalue weighted by Gasteiger charge is 2.17. The van der Waals surface area contributed by atoms with Crippen LogP contribution in [0, 0.1) is 0 Å². The number of nitrogens with zero attached hydrogens (tertiary/aromatic N) is 3. The second-order valence-electron chi connectivity index (χ2n) is 5.19. The van der Waals surface area contributed by atoms with Crippen LogP contribution in [0.5, 0.6) is 0 Å². The summed E-state index contributed by atoms with van der Waals surface area (Å²) in [6, 6.07) is 4.03. The number of anilines is 1. The molecule has 1 aliphatic rings. The first-order valence-corrected chi connectivity index (χ1v) is 7.38. The Labute approximate surface area is 119 Å². The molecular formula is C16H20N4. The van der Waals surface area contributed by atoms with Gasteiger partial charge in [-0.1, -0.05) is 6.07 Å². The van der Waals surface area contributed by atoms with Crippen molar-refractivity contribution in [3.8, 4) is 0 Å². The maximum absolute atomic E-state index is 4.77. The van der Waals surface area contributed by atoms with Crippen LogP contribution < -0.4 is 5.32 Å². The van der Waals surface area contributed by atoms with E-state index in [4.69, 9.17) is 9.97 Å². The molecule has 0 aliphatic heterocycles. The van der Waals surface area contributed by atoms with Crippen LogP contribution in [0.2, 0.25) is 0 Å². The first-order chi connectivity index (χ1) is 9.86. The van der Waals surface area contributed by atoms with Gasteiger partial charge in [0, 0.05) is 36.6 Å². The Balaban J connectivity index is 1.93. The highest BCUT2D eigenvalue weighted by Crippen LogP contribution is 2.25. The zero-order valence-electron chi connectivity index (χ0n) is 11.9. The SMILES string of the molecule is CCNc1nc(Cc2cccnc2)nc2c1CCCC2. The molecule has 4 heteroatoms. The standard InChI is InChI=1S/C16H20N4/c1-2-18-16-13-7-3-4-8-14(13)19-15(20-16)10-12-6-5-9-17-11-12/h5-6,9,11H,2-4,7-8,10H2,1H3,(H,18,19,20). The maximum atomic E-state index is 4.77. The number of hydrogen-bond donors (Lipinski definition) is 1. The fourth-order valence-electron chi connectivity index (χ4n) is 2.72. The Hall–Kier alpha value is -1.97. The molecule has 0 radical (unpaired) electrons. The lowest BCUT2D eigenvalue weighted by Crippen LogP contribution is -2.15. The second-order valence-corrected chi connectivity index (χ2v) is 5.19. The van der Waals surface area contributed by atoms with E-state index in [1.807, 2.05) is 12.3 Å². The average Bonchev–Trinajstić information content (AvgIpc) is 2.49. The Kier molecular flexibility index (Phi) is 3.90. The fraction of sp³-hybridized carbons (Fsp3) is 0.438. The van der Waals surface area contributed by atoms with Crippen LogP contribution in [-0.2, 0) is 19.3 Å². The van der Waals surface area contributed by atoms with Gasteiger partial charge in [0.05, 0.1) is 0 Å². The van der Waals surface area contributed by atoms with Gasteiger partial charge in [-0.25, -0.2) is 9.97 Å². The van der Waals surface area contributed by atoms with Crippen molar-refractivity contribution in [3.05, 3.63) is 47.2 Å². The molecular weight excluding hydrogens is 248 g/mol. The summed E-state index contributed by atoms with van der Waals surface area (Å²) in [6.07, 6.45) is 9.09. The lowest BCUT2D eigenvalue weighted by atomic mass is 9.96. The number of pyridine rings is 1. The van der Waals surface area contributed by atoms with Crippen molar-refractivity contribution >= 4 is 5.82 Å². The summed E-state index contributed by atoms with van der Waals surface area (Å²) < 4.78 is 0. The van der Waals surface area contributed by atoms with Crippen LogP contribution in [0.15, 0.2) is 24.5 Å². The molecule has 0 atom stereocenters. The minimum absolute atomic E-state index is 0.750. The monoisotopic (exact) mass is 268 g/mol. The van der Waals surface area contributed by atoms with Gasteiger partial charge in [-0.3, -0.25) is 4.98 Å². The van der Waals surface area contributed by atoms with Gasteiger partial charge in [0.25, 0.3) is 0 Å². The third-order valence-corrected chi connectivity index (χ3v) is 3.66. The summed E-state index contributed by atoms with van der Waals surface area (Å²) in [4.78, 5) is 13.6. The quantitative estimate of drug-likeness (QED) is 0.926. The molecule has 4 nitrogen and oxygen atoms in total. The lowest BCUT2D eigenvalue weighted by molar-refractivity contribution is 0.657. The fourth-order valence-corrected chi connectivity index (χ4v) is 2.72. The minimum Gasteiger partial charge on any atom is -0.370 e. The molecule has 1 aliphatic carbocycles. The van der Waals surface area contributed by atoms with E-state index in [0.29, 0.717) is 0 Å². The van der Waals surface area contributed by atoms with Crippen LogP contribution in [0.4, 0.5) is 5.82 Å². The van der Waals surface area contributed by atoms with Crippen molar-refractivity contribution in [3.63, 3.8) is 0 Å². The van der Waals surface area contributed by atoms with Crippen LogP contribution >= 0.6 is 0 Å². The molecule has 0 amide bonds. The normalized spacial score (nSPS) is 13.8. The number of aryl methyl sites for hydroxylation is 1. The van der Waals surface area contributed by atoms with Gasteiger partial charge in [-0.15, -0.1) is 0 Å². The first kappa shape index (κ1) is 13.0. The van der Waals surface area contributed by atoms with Crippen molar-refractivity contribution in [1.29, 1.82) is 0 Å². The van der Waals surface area contributed by atoms with E-state index in [0.717, 1.165) is 43.0 Å². The smallest absolute Gasteiger partial charge is 0.135 e. The first-order valence-electron chi connectivity index (χ1n) is 7.38. The molecule has 0 bridgehead atoms. The predicted octanol–water partition coefficient (Wildman–Crippen LogP) is 2.77. The van der Waals surface area contributed by atoms with E-state index in [1.165, 1.54) is 24.1 Å². The summed E-state index contributed by atoms with van der Waals surface area (Å²) in [5.41, 5.74) is 3.72. The van der Waals surface area contributed by atoms with Crippen molar-refractivity contribution in [2.45, 2.75) is 39.0 Å². The molecule has 1 N–H and O–H groups in total. The molecule has 2 aromatic rings. The average molecular weight is 268 g/mol. The van der Waals surface area contributed by atoms with Gasteiger partial charge < -0.3 is 5.32 Å². The Morgan fingerprint density at radius 3 is 2.90 bits per heavy atom. The van der Waals surface area contributed by atoms with Crippen LogP contribution in [0.3, 0.4) is 0 Å². The largest absolute Gasteiger partial charge is 0.370 e. The summed E-state index contributed by atoms with van der Waals surface area (Å²) in [5.74, 6) is 1.94. The molecule has 0 spiro atoms. The molecule has 0 aromatic carbocycles. The number of rotatable bonds is 4. The van der Waals surface area contributed by atoms with Crippen LogP contribution in [-0.4, -0.2) is 21.5 Å². The van der Waals surface area contributed by atoms with Crippen molar-refractivity contribution in [2.75, 3.05) is 11.9 Å². The van der Waals surface area contributed by atoms with Gasteiger partial charge in [-0.05, 0) is 44.2 Å². The molecule has 2 aromatic heterocycles. The van der Waals surface area contributed by atoms with Crippen molar-refractivity contribution in [2.24, 2.45) is 0 Å². The maximum Gasteiger partial charge on any atom is 0.135 e. The molecule has 104 valence electrons. The van der Waals surface area contributed by atoms with E-state index in [1.54, 1.807) is 6.20 Å². The Morgan fingerprint density at radius 1 is 1.20 bits per heavy atom. The number of hydrogen-bond acceptors (Lipinski definition) is 4.